The number of aromatic nitrogens is 1. The van der Waals surface area contributed by atoms with Gasteiger partial charge in [0, 0.05) is 6.20 Å². The predicted molar refractivity (Wildman–Crippen MR) is 51.5 cm³/mol. The predicted octanol–water partition coefficient (Wildman–Crippen LogP) is 2.76. The maximum Gasteiger partial charge on any atom is 0.0666 e. The first-order chi connectivity index (χ1) is 5.22. The minimum absolute atomic E-state index is 1.00. The maximum atomic E-state index is 4.24. The first-order valence-corrected chi connectivity index (χ1v) is 3.94. The highest BCUT2D eigenvalue weighted by Gasteiger charge is 1.96. The Morgan fingerprint density at radius 3 is 2.55 bits per heavy atom. The Bertz CT molecular complexity index is 260. The van der Waals surface area contributed by atoms with Crippen LogP contribution < -0.4 is 0 Å². The lowest BCUT2D eigenvalue weighted by Crippen LogP contribution is -1.84. The molecule has 0 atom stereocenters. The molecule has 0 aliphatic carbocycles. The molecule has 0 radical (unpaired) electrons. The molecule has 0 aromatic carbocycles. The van der Waals surface area contributed by atoms with Crippen LogP contribution in [0.1, 0.15) is 19.5 Å². The zero-order valence-electron chi connectivity index (χ0n) is 6.70. The van der Waals surface area contributed by atoms with Crippen LogP contribution in [0.15, 0.2) is 29.3 Å². The number of thiol groups is 1. The van der Waals surface area contributed by atoms with Crippen molar-refractivity contribution in [3.63, 3.8) is 0 Å². The minimum Gasteiger partial charge on any atom is -0.257 e. The maximum absolute atomic E-state index is 4.24. The molecular formula is C9H11NS. The second-order valence-electron chi connectivity index (χ2n) is 2.43. The molecule has 58 valence electrons. The van der Waals surface area contributed by atoms with E-state index in [0.29, 0.717) is 0 Å². The van der Waals surface area contributed by atoms with E-state index in [0.717, 1.165) is 16.2 Å². The summed E-state index contributed by atoms with van der Waals surface area (Å²) in [6.45, 7) is 3.98. The van der Waals surface area contributed by atoms with Crippen molar-refractivity contribution in [3.8, 4) is 0 Å². The Hall–Kier alpha value is -0.760. The lowest BCUT2D eigenvalue weighted by atomic mass is 10.2. The van der Waals surface area contributed by atoms with E-state index in [4.69, 9.17) is 0 Å². The van der Waals surface area contributed by atoms with E-state index in [1.807, 2.05) is 32.0 Å². The molecule has 0 saturated heterocycles. The topological polar surface area (TPSA) is 12.9 Å². The van der Waals surface area contributed by atoms with Gasteiger partial charge >= 0.3 is 0 Å². The van der Waals surface area contributed by atoms with Crippen LogP contribution in [-0.4, -0.2) is 4.98 Å². The Morgan fingerprint density at radius 1 is 1.36 bits per heavy atom. The summed E-state index contributed by atoms with van der Waals surface area (Å²) in [6, 6.07) is 5.86. The van der Waals surface area contributed by atoms with Crippen molar-refractivity contribution in [1.82, 2.24) is 4.98 Å². The van der Waals surface area contributed by atoms with E-state index >= 15 is 0 Å². The summed E-state index contributed by atoms with van der Waals surface area (Å²) in [5.74, 6) is 0. The fourth-order valence-electron chi connectivity index (χ4n) is 0.770. The molecule has 1 nitrogen and oxygen atoms in total. The van der Waals surface area contributed by atoms with Crippen LogP contribution in [0.4, 0.5) is 0 Å². The van der Waals surface area contributed by atoms with Crippen molar-refractivity contribution in [1.29, 1.82) is 0 Å². The van der Waals surface area contributed by atoms with Crippen LogP contribution in [0.3, 0.4) is 0 Å². The summed E-state index contributed by atoms with van der Waals surface area (Å²) in [7, 11) is 0. The van der Waals surface area contributed by atoms with Crippen molar-refractivity contribution in [2.75, 3.05) is 0 Å². The number of allylic oxidation sites excluding steroid dienone is 2. The van der Waals surface area contributed by atoms with E-state index in [1.54, 1.807) is 6.20 Å². The standard InChI is InChI=1S/C9H11NS/c1-7(8(2)11)9-5-3-4-6-10-9/h3-6,11H,1-2H3/b8-7-. The molecule has 0 fully saturated rings. The van der Waals surface area contributed by atoms with Gasteiger partial charge in [0.25, 0.3) is 0 Å². The first-order valence-electron chi connectivity index (χ1n) is 3.49. The molecule has 1 aromatic heterocycles. The highest BCUT2D eigenvalue weighted by atomic mass is 32.1. The summed E-state index contributed by atoms with van der Waals surface area (Å²) in [5.41, 5.74) is 2.13. The lowest BCUT2D eigenvalue weighted by Gasteiger charge is -2.00. The number of hydrogen-bond donors (Lipinski definition) is 1. The number of pyridine rings is 1. The Morgan fingerprint density at radius 2 is 2.09 bits per heavy atom. The monoisotopic (exact) mass is 165 g/mol. The third-order valence-electron chi connectivity index (χ3n) is 1.59. The van der Waals surface area contributed by atoms with Gasteiger partial charge in [0.05, 0.1) is 5.69 Å². The largest absolute Gasteiger partial charge is 0.257 e. The van der Waals surface area contributed by atoms with Gasteiger partial charge in [-0.15, -0.1) is 12.6 Å². The van der Waals surface area contributed by atoms with Gasteiger partial charge in [0.15, 0.2) is 0 Å². The van der Waals surface area contributed by atoms with E-state index in [1.165, 1.54) is 0 Å². The molecule has 2 heteroatoms. The third kappa shape index (κ3) is 2.09. The van der Waals surface area contributed by atoms with Gasteiger partial charge in [0.2, 0.25) is 0 Å². The average molecular weight is 165 g/mol. The smallest absolute Gasteiger partial charge is 0.0666 e. The molecule has 0 unspecified atom stereocenters. The summed E-state index contributed by atoms with van der Waals surface area (Å²) >= 11 is 4.24. The van der Waals surface area contributed by atoms with Crippen LogP contribution in [0.25, 0.3) is 5.57 Å². The number of hydrogen-bond acceptors (Lipinski definition) is 2. The van der Waals surface area contributed by atoms with Crippen molar-refractivity contribution in [3.05, 3.63) is 35.0 Å². The van der Waals surface area contributed by atoms with Gasteiger partial charge in [0.1, 0.15) is 0 Å². The number of rotatable bonds is 1. The van der Waals surface area contributed by atoms with Crippen molar-refractivity contribution >= 4 is 18.2 Å². The Kier molecular flexibility index (Phi) is 2.71. The molecule has 11 heavy (non-hydrogen) atoms. The van der Waals surface area contributed by atoms with E-state index in [9.17, 15) is 0 Å². The van der Waals surface area contributed by atoms with Gasteiger partial charge in [-0.3, -0.25) is 4.98 Å². The summed E-state index contributed by atoms with van der Waals surface area (Å²) in [5, 5.41) is 0. The van der Waals surface area contributed by atoms with Gasteiger partial charge in [-0.1, -0.05) is 6.07 Å². The third-order valence-corrected chi connectivity index (χ3v) is 1.93. The average Bonchev–Trinajstić information content (AvgIpc) is 2.05. The second-order valence-corrected chi connectivity index (χ2v) is 3.10. The summed E-state index contributed by atoms with van der Waals surface area (Å²) < 4.78 is 0. The fraction of sp³-hybridized carbons (Fsp3) is 0.222. The quantitative estimate of drug-likeness (QED) is 0.631. The molecule has 0 aliphatic rings. The molecule has 1 heterocycles. The molecule has 0 aliphatic heterocycles. The van der Waals surface area contributed by atoms with E-state index in [-0.39, 0.29) is 0 Å². The molecule has 0 bridgehead atoms. The molecular weight excluding hydrogens is 154 g/mol. The molecule has 0 amide bonds. The van der Waals surface area contributed by atoms with Crippen LogP contribution >= 0.6 is 12.6 Å². The normalized spacial score (nSPS) is 12.6. The molecule has 0 spiro atoms. The Balaban J connectivity index is 3.04. The van der Waals surface area contributed by atoms with Crippen molar-refractivity contribution in [2.45, 2.75) is 13.8 Å². The zero-order chi connectivity index (χ0) is 8.27. The van der Waals surface area contributed by atoms with Crippen LogP contribution in [-0.2, 0) is 0 Å². The molecule has 1 aromatic rings. The summed E-state index contributed by atoms with van der Waals surface area (Å²) in [4.78, 5) is 5.21. The Labute approximate surface area is 72.6 Å². The lowest BCUT2D eigenvalue weighted by molar-refractivity contribution is 1.26. The van der Waals surface area contributed by atoms with E-state index < -0.39 is 0 Å². The minimum atomic E-state index is 1.00. The highest BCUT2D eigenvalue weighted by molar-refractivity contribution is 7.84. The molecule has 0 N–H and O–H groups in total. The van der Waals surface area contributed by atoms with Crippen LogP contribution in [0.2, 0.25) is 0 Å². The van der Waals surface area contributed by atoms with Crippen LogP contribution in [0.5, 0.6) is 0 Å². The first kappa shape index (κ1) is 8.34. The SMILES string of the molecule is C/C(S)=C(\C)c1ccccn1. The molecule has 1 rings (SSSR count). The second kappa shape index (κ2) is 3.58. The van der Waals surface area contributed by atoms with Crippen LogP contribution in [0, 0.1) is 0 Å². The summed E-state index contributed by atoms with van der Waals surface area (Å²) in [6.07, 6.45) is 1.79. The fourth-order valence-corrected chi connectivity index (χ4v) is 0.884. The van der Waals surface area contributed by atoms with Gasteiger partial charge in [-0.2, -0.15) is 0 Å². The van der Waals surface area contributed by atoms with Gasteiger partial charge in [-0.05, 0) is 36.5 Å². The van der Waals surface area contributed by atoms with Gasteiger partial charge in [-0.25, -0.2) is 0 Å². The van der Waals surface area contributed by atoms with E-state index in [2.05, 4.69) is 17.6 Å². The van der Waals surface area contributed by atoms with Crippen molar-refractivity contribution in [2.24, 2.45) is 0 Å². The highest BCUT2D eigenvalue weighted by Crippen LogP contribution is 2.16. The molecule has 0 saturated carbocycles. The van der Waals surface area contributed by atoms with Gasteiger partial charge < -0.3 is 0 Å². The number of nitrogens with zero attached hydrogens (tertiary/aromatic N) is 1. The van der Waals surface area contributed by atoms with Crippen molar-refractivity contribution < 1.29 is 0 Å². The zero-order valence-corrected chi connectivity index (χ0v) is 7.60.